The number of ether oxygens (including phenoxy) is 1. The van der Waals surface area contributed by atoms with Crippen LogP contribution in [0.25, 0.3) is 11.3 Å². The number of nitrogens with one attached hydrogen (secondary N) is 2. The zero-order chi connectivity index (χ0) is 15.0. The van der Waals surface area contributed by atoms with E-state index in [1.807, 2.05) is 6.07 Å². The summed E-state index contributed by atoms with van der Waals surface area (Å²) in [7, 11) is 0. The molecule has 2 aromatic heterocycles. The second kappa shape index (κ2) is 4.94. The number of hydrogen-bond acceptors (Lipinski definition) is 5. The fraction of sp³-hybridized carbons (Fsp3) is 0.385. The average Bonchev–Trinajstić information content (AvgIpc) is 3.01. The Labute approximate surface area is 119 Å². The summed E-state index contributed by atoms with van der Waals surface area (Å²) in [6.07, 6.45) is 1.10. The van der Waals surface area contributed by atoms with Crippen LogP contribution >= 0.6 is 0 Å². The van der Waals surface area contributed by atoms with E-state index in [0.29, 0.717) is 29.7 Å². The Morgan fingerprint density at radius 1 is 1.48 bits per heavy atom. The summed E-state index contributed by atoms with van der Waals surface area (Å²) >= 11 is 0. The summed E-state index contributed by atoms with van der Waals surface area (Å²) in [5.41, 5.74) is 2.43. The van der Waals surface area contributed by atoms with Crippen molar-refractivity contribution in [3.63, 3.8) is 0 Å². The Morgan fingerprint density at radius 2 is 2.29 bits per heavy atom. The van der Waals surface area contributed by atoms with Crippen molar-refractivity contribution in [1.82, 2.24) is 20.0 Å². The fourth-order valence-corrected chi connectivity index (χ4v) is 2.63. The summed E-state index contributed by atoms with van der Waals surface area (Å²) in [5, 5.41) is 18.4. The third-order valence-corrected chi connectivity index (χ3v) is 3.49. The number of nitriles is 1. The van der Waals surface area contributed by atoms with Gasteiger partial charge in [-0.3, -0.25) is 19.7 Å². The van der Waals surface area contributed by atoms with Crippen LogP contribution in [0.5, 0.6) is 0 Å². The smallest absolute Gasteiger partial charge is 0.359 e. The van der Waals surface area contributed by atoms with E-state index in [9.17, 15) is 9.59 Å². The van der Waals surface area contributed by atoms with Crippen LogP contribution in [0.1, 0.15) is 28.7 Å². The van der Waals surface area contributed by atoms with Crippen molar-refractivity contribution in [3.8, 4) is 17.3 Å². The van der Waals surface area contributed by atoms with Crippen LogP contribution in [-0.2, 0) is 24.1 Å². The van der Waals surface area contributed by atoms with Gasteiger partial charge in [-0.25, -0.2) is 4.79 Å². The molecule has 0 aromatic carbocycles. The zero-order valence-corrected chi connectivity index (χ0v) is 11.4. The van der Waals surface area contributed by atoms with E-state index in [1.54, 1.807) is 6.92 Å². The van der Waals surface area contributed by atoms with Crippen molar-refractivity contribution in [3.05, 3.63) is 27.3 Å². The van der Waals surface area contributed by atoms with Crippen LogP contribution in [0.3, 0.4) is 0 Å². The van der Waals surface area contributed by atoms with E-state index in [1.165, 1.54) is 4.68 Å². The standard InChI is InChI=1S/C13H13N5O3/c1-2-21-13(20)11-9-8(18(17-11)6-5-14)4-3-7-10(9)15-16-12(7)19/h2-4,6H2,1H3,(H2,15,16,19). The van der Waals surface area contributed by atoms with E-state index in [2.05, 4.69) is 15.3 Å². The highest BCUT2D eigenvalue weighted by Crippen LogP contribution is 2.33. The van der Waals surface area contributed by atoms with Crippen molar-refractivity contribution < 1.29 is 9.53 Å². The molecule has 2 N–H and O–H groups in total. The van der Waals surface area contributed by atoms with Crippen LogP contribution in [0.2, 0.25) is 0 Å². The molecule has 2 aromatic rings. The minimum atomic E-state index is -0.555. The molecule has 0 amide bonds. The first-order valence-corrected chi connectivity index (χ1v) is 6.61. The van der Waals surface area contributed by atoms with Crippen molar-refractivity contribution in [2.45, 2.75) is 26.3 Å². The number of rotatable bonds is 3. The molecule has 0 spiro atoms. The number of nitrogens with zero attached hydrogens (tertiary/aromatic N) is 3. The van der Waals surface area contributed by atoms with Crippen LogP contribution in [-0.4, -0.2) is 32.6 Å². The van der Waals surface area contributed by atoms with Gasteiger partial charge in [0.05, 0.1) is 29.6 Å². The van der Waals surface area contributed by atoms with Gasteiger partial charge >= 0.3 is 5.97 Å². The summed E-state index contributed by atoms with van der Waals surface area (Å²) < 4.78 is 6.50. The third kappa shape index (κ3) is 1.94. The Hall–Kier alpha value is -2.82. The van der Waals surface area contributed by atoms with Gasteiger partial charge in [-0.1, -0.05) is 0 Å². The van der Waals surface area contributed by atoms with Gasteiger partial charge < -0.3 is 4.74 Å². The van der Waals surface area contributed by atoms with Gasteiger partial charge in [0.25, 0.3) is 5.56 Å². The molecule has 1 aliphatic carbocycles. The number of carbonyl (C=O) groups excluding carboxylic acids is 1. The Kier molecular flexibility index (Phi) is 3.10. The summed E-state index contributed by atoms with van der Waals surface area (Å²) in [6.45, 7) is 1.99. The first kappa shape index (κ1) is 13.2. The molecule has 0 radical (unpaired) electrons. The van der Waals surface area contributed by atoms with Gasteiger partial charge in [0, 0.05) is 5.56 Å². The monoisotopic (exact) mass is 287 g/mol. The number of esters is 1. The lowest BCUT2D eigenvalue weighted by atomic mass is 9.94. The minimum absolute atomic E-state index is 0.0473. The molecule has 108 valence electrons. The largest absolute Gasteiger partial charge is 0.461 e. The Bertz CT molecular complexity index is 805. The summed E-state index contributed by atoms with van der Waals surface area (Å²) in [5.74, 6) is -0.555. The highest BCUT2D eigenvalue weighted by Gasteiger charge is 2.31. The predicted molar refractivity (Wildman–Crippen MR) is 71.6 cm³/mol. The lowest BCUT2D eigenvalue weighted by Gasteiger charge is -2.12. The number of carbonyl (C=O) groups is 1. The molecule has 8 nitrogen and oxygen atoms in total. The normalized spacial score (nSPS) is 12.4. The molecule has 8 heteroatoms. The molecule has 0 fully saturated rings. The van der Waals surface area contributed by atoms with Gasteiger partial charge in [0.15, 0.2) is 5.69 Å². The maximum absolute atomic E-state index is 12.1. The summed E-state index contributed by atoms with van der Waals surface area (Å²) in [6, 6.07) is 2.02. The molecular formula is C13H13N5O3. The van der Waals surface area contributed by atoms with Crippen molar-refractivity contribution in [2.24, 2.45) is 0 Å². The molecule has 2 heterocycles. The van der Waals surface area contributed by atoms with E-state index in [-0.39, 0.29) is 24.4 Å². The molecule has 21 heavy (non-hydrogen) atoms. The topological polar surface area (TPSA) is 117 Å². The predicted octanol–water partition coefficient (Wildman–Crippen LogP) is 0.365. The van der Waals surface area contributed by atoms with E-state index >= 15 is 0 Å². The van der Waals surface area contributed by atoms with Crippen molar-refractivity contribution in [2.75, 3.05) is 6.61 Å². The quantitative estimate of drug-likeness (QED) is 0.791. The highest BCUT2D eigenvalue weighted by atomic mass is 16.5. The lowest BCUT2D eigenvalue weighted by Crippen LogP contribution is -2.14. The molecule has 3 rings (SSSR count). The lowest BCUT2D eigenvalue weighted by molar-refractivity contribution is 0.0519. The molecule has 0 saturated carbocycles. The average molecular weight is 287 g/mol. The van der Waals surface area contributed by atoms with Gasteiger partial charge in [-0.05, 0) is 19.8 Å². The van der Waals surface area contributed by atoms with Crippen LogP contribution in [0.4, 0.5) is 0 Å². The number of fused-ring (bicyclic) bond motifs is 3. The number of H-pyrrole nitrogens is 2. The van der Waals surface area contributed by atoms with Crippen molar-refractivity contribution >= 4 is 5.97 Å². The Balaban J connectivity index is 2.22. The van der Waals surface area contributed by atoms with Gasteiger partial charge in [0.2, 0.25) is 0 Å². The zero-order valence-electron chi connectivity index (χ0n) is 11.4. The fourth-order valence-electron chi connectivity index (χ4n) is 2.63. The number of aromatic amines is 2. The number of aromatic nitrogens is 4. The van der Waals surface area contributed by atoms with E-state index < -0.39 is 5.97 Å². The molecule has 0 aliphatic heterocycles. The van der Waals surface area contributed by atoms with Gasteiger partial charge in [0.1, 0.15) is 6.54 Å². The van der Waals surface area contributed by atoms with E-state index in [4.69, 9.17) is 10.00 Å². The first-order valence-electron chi connectivity index (χ1n) is 6.61. The second-order valence-electron chi connectivity index (χ2n) is 4.64. The minimum Gasteiger partial charge on any atom is -0.461 e. The van der Waals surface area contributed by atoms with Crippen molar-refractivity contribution in [1.29, 1.82) is 5.26 Å². The SMILES string of the molecule is CCOC(=O)c1nn(CC#N)c2c1-c1[nH][nH]c(=O)c1CC2. The second-order valence-corrected chi connectivity index (χ2v) is 4.64. The van der Waals surface area contributed by atoms with Gasteiger partial charge in [-0.15, -0.1) is 0 Å². The maximum atomic E-state index is 12.1. The molecule has 1 aliphatic rings. The molecule has 0 saturated heterocycles. The highest BCUT2D eigenvalue weighted by molar-refractivity contribution is 5.96. The molecule has 0 bridgehead atoms. The van der Waals surface area contributed by atoms with Crippen LogP contribution in [0.15, 0.2) is 4.79 Å². The maximum Gasteiger partial charge on any atom is 0.359 e. The summed E-state index contributed by atoms with van der Waals surface area (Å²) in [4.78, 5) is 23.8. The van der Waals surface area contributed by atoms with Gasteiger partial charge in [-0.2, -0.15) is 10.4 Å². The van der Waals surface area contributed by atoms with Crippen LogP contribution in [0, 0.1) is 11.3 Å². The third-order valence-electron chi connectivity index (χ3n) is 3.49. The molecule has 0 atom stereocenters. The number of hydrogen-bond donors (Lipinski definition) is 2. The first-order chi connectivity index (χ1) is 10.2. The molecular weight excluding hydrogens is 274 g/mol. The van der Waals surface area contributed by atoms with Crippen LogP contribution < -0.4 is 5.56 Å². The Morgan fingerprint density at radius 3 is 3.00 bits per heavy atom. The molecule has 0 unspecified atom stereocenters. The van der Waals surface area contributed by atoms with E-state index in [0.717, 1.165) is 5.69 Å².